The summed E-state index contributed by atoms with van der Waals surface area (Å²) in [6.07, 6.45) is 1.79. The minimum atomic E-state index is -0.425. The molecule has 0 aliphatic rings. The van der Waals surface area contributed by atoms with Crippen LogP contribution in [0.1, 0.15) is 34.1 Å². The number of nitrogens with zero attached hydrogens (tertiary/aromatic N) is 2. The van der Waals surface area contributed by atoms with Gasteiger partial charge in [0.15, 0.2) is 0 Å². The average Bonchev–Trinajstić information content (AvgIpc) is 2.79. The fourth-order valence-corrected chi connectivity index (χ4v) is 2.37. The molecule has 0 unspecified atom stereocenters. The van der Waals surface area contributed by atoms with Gasteiger partial charge in [-0.15, -0.1) is 0 Å². The highest BCUT2D eigenvalue weighted by Gasteiger charge is 2.18. The highest BCUT2D eigenvalue weighted by atomic mass is 16.6. The lowest BCUT2D eigenvalue weighted by molar-refractivity contribution is -0.385. The third-order valence-corrected chi connectivity index (χ3v) is 3.29. The first-order chi connectivity index (χ1) is 10.4. The third-order valence-electron chi connectivity index (χ3n) is 3.29. The molecule has 0 amide bonds. The van der Waals surface area contributed by atoms with Crippen LogP contribution in [0.3, 0.4) is 0 Å². The molecule has 0 saturated carbocycles. The van der Waals surface area contributed by atoms with Crippen molar-refractivity contribution in [2.24, 2.45) is 0 Å². The van der Waals surface area contributed by atoms with Crippen molar-refractivity contribution in [3.63, 3.8) is 0 Å². The van der Waals surface area contributed by atoms with E-state index < -0.39 is 10.9 Å². The maximum Gasteiger partial charge on any atom is 0.354 e. The zero-order chi connectivity index (χ0) is 16.3. The van der Waals surface area contributed by atoms with Gasteiger partial charge in [-0.05, 0) is 38.5 Å². The van der Waals surface area contributed by atoms with E-state index in [0.717, 1.165) is 11.1 Å². The molecule has 0 radical (unpaired) electrons. The third kappa shape index (κ3) is 3.33. The van der Waals surface area contributed by atoms with Crippen molar-refractivity contribution in [1.82, 2.24) is 4.57 Å². The van der Waals surface area contributed by atoms with Crippen molar-refractivity contribution in [2.45, 2.75) is 27.3 Å². The number of hydrogen-bond acceptors (Lipinski definition) is 4. The Balaban J connectivity index is 2.41. The van der Waals surface area contributed by atoms with Gasteiger partial charge >= 0.3 is 5.97 Å². The second kappa shape index (κ2) is 6.43. The van der Waals surface area contributed by atoms with Gasteiger partial charge in [0.2, 0.25) is 0 Å². The summed E-state index contributed by atoms with van der Waals surface area (Å²) in [7, 11) is 0. The van der Waals surface area contributed by atoms with Crippen LogP contribution in [-0.4, -0.2) is 22.1 Å². The maximum absolute atomic E-state index is 12.0. The quantitative estimate of drug-likeness (QED) is 0.483. The molecule has 0 saturated heterocycles. The van der Waals surface area contributed by atoms with Gasteiger partial charge < -0.3 is 9.30 Å². The number of carbonyl (C=O) groups excluding carboxylic acids is 1. The van der Waals surface area contributed by atoms with Crippen LogP contribution in [0.5, 0.6) is 0 Å². The number of aromatic nitrogens is 1. The fourth-order valence-electron chi connectivity index (χ4n) is 2.37. The minimum absolute atomic E-state index is 0.0479. The molecule has 6 nitrogen and oxygen atoms in total. The second-order valence-electron chi connectivity index (χ2n) is 5.14. The molecule has 1 aromatic heterocycles. The van der Waals surface area contributed by atoms with Gasteiger partial charge in [-0.25, -0.2) is 4.79 Å². The summed E-state index contributed by atoms with van der Waals surface area (Å²) in [5.41, 5.74) is 2.84. The van der Waals surface area contributed by atoms with Crippen LogP contribution in [0.2, 0.25) is 0 Å². The van der Waals surface area contributed by atoms with E-state index in [1.807, 2.05) is 13.8 Å². The molecule has 0 aliphatic carbocycles. The zero-order valence-corrected chi connectivity index (χ0v) is 12.8. The number of hydrogen-bond donors (Lipinski definition) is 0. The molecule has 1 aromatic carbocycles. The van der Waals surface area contributed by atoms with Gasteiger partial charge in [-0.3, -0.25) is 10.1 Å². The normalized spacial score (nSPS) is 10.5. The molecule has 0 bridgehead atoms. The Kier molecular flexibility index (Phi) is 4.60. The molecule has 6 heteroatoms. The van der Waals surface area contributed by atoms with Crippen LogP contribution in [0.4, 0.5) is 5.69 Å². The standard InChI is InChI=1S/C16H18N2O4/c1-4-22-16(19)15-8-12(3)9-17(15)10-13-7-11(2)5-6-14(13)18(20)21/h5-9H,4,10H2,1-3H3. The lowest BCUT2D eigenvalue weighted by Gasteiger charge is -2.09. The van der Waals surface area contributed by atoms with Crippen LogP contribution in [0.15, 0.2) is 30.5 Å². The molecule has 0 spiro atoms. The fraction of sp³-hybridized carbons (Fsp3) is 0.312. The second-order valence-corrected chi connectivity index (χ2v) is 5.14. The monoisotopic (exact) mass is 302 g/mol. The number of rotatable bonds is 5. The van der Waals surface area contributed by atoms with E-state index in [2.05, 4.69) is 0 Å². The van der Waals surface area contributed by atoms with Crippen molar-refractivity contribution >= 4 is 11.7 Å². The summed E-state index contributed by atoms with van der Waals surface area (Å²) < 4.78 is 6.72. The zero-order valence-electron chi connectivity index (χ0n) is 12.8. The largest absolute Gasteiger partial charge is 0.461 e. The van der Waals surface area contributed by atoms with Crippen molar-refractivity contribution in [1.29, 1.82) is 0 Å². The Bertz CT molecular complexity index is 719. The molecule has 22 heavy (non-hydrogen) atoms. The Hall–Kier alpha value is -2.63. The molecule has 1 heterocycles. The molecular weight excluding hydrogens is 284 g/mol. The lowest BCUT2D eigenvalue weighted by atomic mass is 10.1. The van der Waals surface area contributed by atoms with Crippen molar-refractivity contribution in [3.8, 4) is 0 Å². The van der Waals surface area contributed by atoms with Gasteiger partial charge in [0.1, 0.15) is 5.69 Å². The van der Waals surface area contributed by atoms with E-state index in [0.29, 0.717) is 11.3 Å². The topological polar surface area (TPSA) is 74.4 Å². The smallest absolute Gasteiger partial charge is 0.354 e. The highest BCUT2D eigenvalue weighted by Crippen LogP contribution is 2.22. The Morgan fingerprint density at radius 2 is 2.00 bits per heavy atom. The molecular formula is C16H18N2O4. The lowest BCUT2D eigenvalue weighted by Crippen LogP contribution is -2.13. The van der Waals surface area contributed by atoms with E-state index in [1.54, 1.807) is 35.9 Å². The number of nitro groups is 1. The predicted octanol–water partition coefficient (Wildman–Crippen LogP) is 3.24. The summed E-state index contributed by atoms with van der Waals surface area (Å²) in [6.45, 7) is 6.02. The van der Waals surface area contributed by atoms with E-state index in [-0.39, 0.29) is 18.8 Å². The number of nitro benzene ring substituents is 1. The summed E-state index contributed by atoms with van der Waals surface area (Å²) >= 11 is 0. The number of carbonyl (C=O) groups is 1. The van der Waals surface area contributed by atoms with Gasteiger partial charge in [0.05, 0.1) is 18.1 Å². The Morgan fingerprint density at radius 1 is 1.27 bits per heavy atom. The Labute approximate surface area is 128 Å². The molecule has 0 atom stereocenters. The Morgan fingerprint density at radius 3 is 2.64 bits per heavy atom. The summed E-state index contributed by atoms with van der Waals surface area (Å²) in [6, 6.07) is 6.68. The molecule has 0 aliphatic heterocycles. The minimum Gasteiger partial charge on any atom is -0.461 e. The molecule has 2 rings (SSSR count). The van der Waals surface area contributed by atoms with Crippen molar-refractivity contribution < 1.29 is 14.5 Å². The first-order valence-electron chi connectivity index (χ1n) is 7.00. The van der Waals surface area contributed by atoms with E-state index >= 15 is 0 Å². The SMILES string of the molecule is CCOC(=O)c1cc(C)cn1Cc1cc(C)ccc1[N+](=O)[O-]. The van der Waals surface area contributed by atoms with Crippen LogP contribution < -0.4 is 0 Å². The highest BCUT2D eigenvalue weighted by molar-refractivity contribution is 5.88. The first-order valence-corrected chi connectivity index (χ1v) is 7.00. The van der Waals surface area contributed by atoms with Crippen LogP contribution in [0, 0.1) is 24.0 Å². The van der Waals surface area contributed by atoms with Gasteiger partial charge in [-0.2, -0.15) is 0 Å². The number of benzene rings is 1. The van der Waals surface area contributed by atoms with Gasteiger partial charge in [-0.1, -0.05) is 11.6 Å². The molecule has 0 N–H and O–H groups in total. The van der Waals surface area contributed by atoms with E-state index in [4.69, 9.17) is 4.74 Å². The van der Waals surface area contributed by atoms with Gasteiger partial charge in [0.25, 0.3) is 5.69 Å². The first kappa shape index (κ1) is 15.8. The van der Waals surface area contributed by atoms with E-state index in [9.17, 15) is 14.9 Å². The average molecular weight is 302 g/mol. The molecule has 0 fully saturated rings. The molecule has 116 valence electrons. The summed E-state index contributed by atoms with van der Waals surface area (Å²) in [5, 5.41) is 11.2. The van der Waals surface area contributed by atoms with Crippen molar-refractivity contribution in [3.05, 3.63) is 63.0 Å². The predicted molar refractivity (Wildman–Crippen MR) is 82.1 cm³/mol. The summed E-state index contributed by atoms with van der Waals surface area (Å²) in [5.74, 6) is -0.425. The van der Waals surface area contributed by atoms with Crippen LogP contribution >= 0.6 is 0 Å². The van der Waals surface area contributed by atoms with Crippen LogP contribution in [-0.2, 0) is 11.3 Å². The number of ether oxygens (including phenoxy) is 1. The summed E-state index contributed by atoms with van der Waals surface area (Å²) in [4.78, 5) is 22.7. The van der Waals surface area contributed by atoms with Crippen LogP contribution in [0.25, 0.3) is 0 Å². The van der Waals surface area contributed by atoms with Crippen molar-refractivity contribution in [2.75, 3.05) is 6.61 Å². The number of aryl methyl sites for hydroxylation is 2. The number of esters is 1. The molecule has 2 aromatic rings. The maximum atomic E-state index is 12.0. The van der Waals surface area contributed by atoms with Gasteiger partial charge in [0, 0.05) is 17.8 Å². The van der Waals surface area contributed by atoms with E-state index in [1.165, 1.54) is 6.07 Å².